The minimum absolute atomic E-state index is 0.0465. The van der Waals surface area contributed by atoms with Crippen molar-refractivity contribution in [3.8, 4) is 0 Å². The maximum absolute atomic E-state index is 13.1. The van der Waals surface area contributed by atoms with E-state index in [0.717, 1.165) is 12.2 Å². The van der Waals surface area contributed by atoms with Gasteiger partial charge in [0.05, 0.1) is 17.3 Å². The molecule has 0 bridgehead atoms. The van der Waals surface area contributed by atoms with Crippen LogP contribution in [0.2, 0.25) is 0 Å². The highest BCUT2D eigenvalue weighted by Crippen LogP contribution is 2.28. The maximum Gasteiger partial charge on any atom is 0.211 e. The topological polar surface area (TPSA) is 66.1 Å². The summed E-state index contributed by atoms with van der Waals surface area (Å²) in [6.45, 7) is 0.941. The Morgan fingerprint density at radius 1 is 1.47 bits per heavy atom. The first-order chi connectivity index (χ1) is 8.93. The number of benzene rings is 1. The standard InChI is InChI=1S/C12H14FN3O2S/c1-19(17,18)16-5-4-8(7-16)12-14-10-3-2-9(13)6-11(10)15-12/h2-3,6,8H,4-5,7H2,1H3,(H,14,15). The minimum atomic E-state index is -3.15. The summed E-state index contributed by atoms with van der Waals surface area (Å²) >= 11 is 0. The van der Waals surface area contributed by atoms with Gasteiger partial charge >= 0.3 is 0 Å². The molecule has 1 unspecified atom stereocenters. The monoisotopic (exact) mass is 283 g/mol. The summed E-state index contributed by atoms with van der Waals surface area (Å²) in [5, 5.41) is 0. The number of rotatable bonds is 2. The van der Waals surface area contributed by atoms with E-state index in [0.29, 0.717) is 24.1 Å². The van der Waals surface area contributed by atoms with E-state index in [1.54, 1.807) is 6.07 Å². The molecular weight excluding hydrogens is 269 g/mol. The molecule has 1 aliphatic heterocycles. The summed E-state index contributed by atoms with van der Waals surface area (Å²) in [6.07, 6.45) is 1.94. The maximum atomic E-state index is 13.1. The molecule has 5 nitrogen and oxygen atoms in total. The van der Waals surface area contributed by atoms with E-state index in [9.17, 15) is 12.8 Å². The Bertz CT molecular complexity index is 726. The molecule has 2 heterocycles. The lowest BCUT2D eigenvalue weighted by atomic mass is 10.1. The molecule has 0 saturated carbocycles. The molecule has 1 aromatic carbocycles. The van der Waals surface area contributed by atoms with Crippen LogP contribution in [0.3, 0.4) is 0 Å². The Balaban J connectivity index is 1.90. The molecule has 0 amide bonds. The average Bonchev–Trinajstić information content (AvgIpc) is 2.92. The van der Waals surface area contributed by atoms with Gasteiger partial charge in [-0.2, -0.15) is 0 Å². The van der Waals surface area contributed by atoms with Gasteiger partial charge in [-0.15, -0.1) is 0 Å². The van der Waals surface area contributed by atoms with Crippen molar-refractivity contribution in [1.82, 2.24) is 14.3 Å². The van der Waals surface area contributed by atoms with E-state index in [1.165, 1.54) is 22.7 Å². The summed E-state index contributed by atoms with van der Waals surface area (Å²) in [6, 6.07) is 4.38. The third-order valence-corrected chi connectivity index (χ3v) is 4.74. The van der Waals surface area contributed by atoms with Crippen molar-refractivity contribution >= 4 is 21.1 Å². The summed E-state index contributed by atoms with van der Waals surface area (Å²) in [4.78, 5) is 7.49. The number of fused-ring (bicyclic) bond motifs is 1. The van der Waals surface area contributed by atoms with Crippen molar-refractivity contribution in [2.24, 2.45) is 0 Å². The third kappa shape index (κ3) is 2.35. The Hall–Kier alpha value is -1.47. The highest BCUT2D eigenvalue weighted by Gasteiger charge is 2.31. The second kappa shape index (κ2) is 4.28. The van der Waals surface area contributed by atoms with Crippen LogP contribution >= 0.6 is 0 Å². The largest absolute Gasteiger partial charge is 0.342 e. The molecule has 0 radical (unpaired) electrons. The third-order valence-electron chi connectivity index (χ3n) is 3.47. The Morgan fingerprint density at radius 3 is 2.95 bits per heavy atom. The predicted molar refractivity (Wildman–Crippen MR) is 69.8 cm³/mol. The highest BCUT2D eigenvalue weighted by atomic mass is 32.2. The van der Waals surface area contributed by atoms with Crippen LogP contribution in [0.4, 0.5) is 4.39 Å². The predicted octanol–water partition coefficient (Wildman–Crippen LogP) is 1.45. The number of halogens is 1. The van der Waals surface area contributed by atoms with Gasteiger partial charge < -0.3 is 4.98 Å². The van der Waals surface area contributed by atoms with Gasteiger partial charge in [0.2, 0.25) is 10.0 Å². The van der Waals surface area contributed by atoms with Gasteiger partial charge in [-0.25, -0.2) is 22.1 Å². The van der Waals surface area contributed by atoms with E-state index in [4.69, 9.17) is 0 Å². The smallest absolute Gasteiger partial charge is 0.211 e. The Kier molecular flexibility index (Phi) is 2.83. The van der Waals surface area contributed by atoms with Crippen LogP contribution in [-0.4, -0.2) is 42.0 Å². The number of sulfonamides is 1. The SMILES string of the molecule is CS(=O)(=O)N1CCC(c2nc3ccc(F)cc3[nH]2)C1. The number of nitrogens with one attached hydrogen (secondary N) is 1. The molecular formula is C12H14FN3O2S. The summed E-state index contributed by atoms with van der Waals surface area (Å²) in [5.74, 6) is 0.462. The fraction of sp³-hybridized carbons (Fsp3) is 0.417. The molecule has 7 heteroatoms. The van der Waals surface area contributed by atoms with E-state index in [1.807, 2.05) is 0 Å². The van der Waals surface area contributed by atoms with Crippen LogP contribution in [0.15, 0.2) is 18.2 Å². The minimum Gasteiger partial charge on any atom is -0.342 e. The zero-order valence-electron chi connectivity index (χ0n) is 10.4. The van der Waals surface area contributed by atoms with Crippen LogP contribution in [0.1, 0.15) is 18.2 Å². The lowest BCUT2D eigenvalue weighted by Crippen LogP contribution is -2.27. The molecule has 3 rings (SSSR count). The molecule has 2 aromatic rings. The van der Waals surface area contributed by atoms with Crippen molar-refractivity contribution < 1.29 is 12.8 Å². The first-order valence-electron chi connectivity index (χ1n) is 6.04. The lowest BCUT2D eigenvalue weighted by molar-refractivity contribution is 0.477. The van der Waals surface area contributed by atoms with Crippen LogP contribution in [0.5, 0.6) is 0 Å². The number of aromatic nitrogens is 2. The Labute approximate surface area is 110 Å². The van der Waals surface area contributed by atoms with Crippen molar-refractivity contribution in [2.45, 2.75) is 12.3 Å². The first kappa shape index (κ1) is 12.6. The molecule has 1 fully saturated rings. The quantitative estimate of drug-likeness (QED) is 0.907. The molecule has 19 heavy (non-hydrogen) atoms. The van der Waals surface area contributed by atoms with Gasteiger partial charge in [0, 0.05) is 19.0 Å². The number of nitrogens with zero attached hydrogens (tertiary/aromatic N) is 2. The molecule has 1 aliphatic rings. The number of hydrogen-bond donors (Lipinski definition) is 1. The summed E-state index contributed by atoms with van der Waals surface area (Å²) in [5.41, 5.74) is 1.35. The second-order valence-electron chi connectivity index (χ2n) is 4.89. The molecule has 0 aliphatic carbocycles. The van der Waals surface area contributed by atoms with Crippen molar-refractivity contribution in [3.05, 3.63) is 29.8 Å². The molecule has 1 atom stereocenters. The van der Waals surface area contributed by atoms with Gasteiger partial charge in [0.1, 0.15) is 11.6 Å². The van der Waals surface area contributed by atoms with Crippen LogP contribution < -0.4 is 0 Å². The van der Waals surface area contributed by atoms with E-state index in [2.05, 4.69) is 9.97 Å². The normalized spacial score (nSPS) is 21.3. The molecule has 1 aromatic heterocycles. The fourth-order valence-corrected chi connectivity index (χ4v) is 3.34. The molecule has 1 saturated heterocycles. The summed E-state index contributed by atoms with van der Waals surface area (Å²) in [7, 11) is -3.15. The molecule has 0 spiro atoms. The fourth-order valence-electron chi connectivity index (χ4n) is 2.45. The molecule has 102 valence electrons. The lowest BCUT2D eigenvalue weighted by Gasteiger charge is -2.11. The van der Waals surface area contributed by atoms with Crippen molar-refractivity contribution in [2.75, 3.05) is 19.3 Å². The Morgan fingerprint density at radius 2 is 2.26 bits per heavy atom. The van der Waals surface area contributed by atoms with Gasteiger partial charge in [-0.1, -0.05) is 0 Å². The summed E-state index contributed by atoms with van der Waals surface area (Å²) < 4.78 is 37.5. The number of H-pyrrole nitrogens is 1. The van der Waals surface area contributed by atoms with Crippen LogP contribution in [0.25, 0.3) is 11.0 Å². The van der Waals surface area contributed by atoms with Crippen LogP contribution in [0, 0.1) is 5.82 Å². The van der Waals surface area contributed by atoms with E-state index in [-0.39, 0.29) is 11.7 Å². The number of imidazole rings is 1. The van der Waals surface area contributed by atoms with Crippen LogP contribution in [-0.2, 0) is 10.0 Å². The number of hydrogen-bond acceptors (Lipinski definition) is 3. The average molecular weight is 283 g/mol. The number of aromatic amines is 1. The van der Waals surface area contributed by atoms with E-state index < -0.39 is 10.0 Å². The van der Waals surface area contributed by atoms with E-state index >= 15 is 0 Å². The second-order valence-corrected chi connectivity index (χ2v) is 6.87. The van der Waals surface area contributed by atoms with Gasteiger partial charge in [-0.05, 0) is 24.6 Å². The highest BCUT2D eigenvalue weighted by molar-refractivity contribution is 7.88. The van der Waals surface area contributed by atoms with Crippen molar-refractivity contribution in [1.29, 1.82) is 0 Å². The van der Waals surface area contributed by atoms with Gasteiger partial charge in [0.15, 0.2) is 0 Å². The van der Waals surface area contributed by atoms with Gasteiger partial charge in [0.25, 0.3) is 0 Å². The zero-order valence-corrected chi connectivity index (χ0v) is 11.2. The van der Waals surface area contributed by atoms with Crippen molar-refractivity contribution in [3.63, 3.8) is 0 Å². The van der Waals surface area contributed by atoms with Gasteiger partial charge in [-0.3, -0.25) is 0 Å². The molecule has 1 N–H and O–H groups in total. The first-order valence-corrected chi connectivity index (χ1v) is 7.88. The zero-order chi connectivity index (χ0) is 13.6.